The van der Waals surface area contributed by atoms with Crippen LogP contribution in [0.1, 0.15) is 60.2 Å². The Morgan fingerprint density at radius 3 is 2.48 bits per heavy atom. The molecule has 0 bridgehead atoms. The third-order valence-electron chi connectivity index (χ3n) is 7.89. The Morgan fingerprint density at radius 2 is 1.73 bits per heavy atom. The molecule has 3 aliphatic rings. The Labute approximate surface area is 238 Å². The van der Waals surface area contributed by atoms with E-state index < -0.39 is 0 Å². The Bertz CT molecular complexity index is 1560. The van der Waals surface area contributed by atoms with Crippen molar-refractivity contribution in [1.29, 1.82) is 0 Å². The minimum absolute atomic E-state index is 0.00901. The van der Waals surface area contributed by atoms with Crippen LogP contribution in [0.3, 0.4) is 0 Å². The van der Waals surface area contributed by atoms with Crippen molar-refractivity contribution in [2.75, 3.05) is 13.6 Å². The summed E-state index contributed by atoms with van der Waals surface area (Å²) >= 11 is 0. The number of para-hydroxylation sites is 1. The smallest absolute Gasteiger partial charge is 0.206 e. The molecule has 5 nitrogen and oxygen atoms in total. The van der Waals surface area contributed by atoms with Gasteiger partial charge in [-0.25, -0.2) is 4.99 Å². The van der Waals surface area contributed by atoms with Gasteiger partial charge in [-0.1, -0.05) is 88.5 Å². The average Bonchev–Trinajstić information content (AvgIpc) is 3.43. The highest BCUT2D eigenvalue weighted by Gasteiger charge is 2.36. The number of allylic oxidation sites excluding steroid dienone is 2. The summed E-state index contributed by atoms with van der Waals surface area (Å²) in [6, 6.07) is 23.6. The average molecular weight is 530 g/mol. The van der Waals surface area contributed by atoms with Gasteiger partial charge in [0.2, 0.25) is 5.96 Å². The SMILES string of the molecule is C=C(N)c1ccc2c(c1)C(c1ccccc1CC)N(C1=NC(C3=Nc4ccccc4C3)=CC(=C)N1C)CC2.CC. The van der Waals surface area contributed by atoms with Crippen molar-refractivity contribution >= 4 is 23.1 Å². The van der Waals surface area contributed by atoms with Crippen molar-refractivity contribution in [2.24, 2.45) is 15.7 Å². The number of benzene rings is 3. The van der Waals surface area contributed by atoms with E-state index >= 15 is 0 Å². The highest BCUT2D eigenvalue weighted by Crippen LogP contribution is 2.40. The van der Waals surface area contributed by atoms with Crippen molar-refractivity contribution in [3.8, 4) is 0 Å². The van der Waals surface area contributed by atoms with Crippen LogP contribution in [0.5, 0.6) is 0 Å². The van der Waals surface area contributed by atoms with Gasteiger partial charge in [0.05, 0.1) is 23.1 Å². The van der Waals surface area contributed by atoms with E-state index in [-0.39, 0.29) is 6.04 Å². The summed E-state index contributed by atoms with van der Waals surface area (Å²) < 4.78 is 0. The number of likely N-dealkylation sites (N-methyl/N-ethyl adjacent to an activating group) is 1. The molecule has 0 radical (unpaired) electrons. The minimum atomic E-state index is -0.00901. The molecular weight excluding hydrogens is 490 g/mol. The summed E-state index contributed by atoms with van der Waals surface area (Å²) in [5, 5.41) is 0. The quantitative estimate of drug-likeness (QED) is 0.389. The number of guanidine groups is 1. The van der Waals surface area contributed by atoms with Crippen LogP contribution in [0.2, 0.25) is 0 Å². The minimum Gasteiger partial charge on any atom is -0.399 e. The number of nitrogens with two attached hydrogens (primary N) is 1. The molecule has 0 spiro atoms. The summed E-state index contributed by atoms with van der Waals surface area (Å²) in [6.45, 7) is 15.4. The first-order valence-electron chi connectivity index (χ1n) is 14.3. The molecule has 0 saturated carbocycles. The van der Waals surface area contributed by atoms with Crippen LogP contribution in [0.4, 0.5) is 5.69 Å². The monoisotopic (exact) mass is 529 g/mol. The van der Waals surface area contributed by atoms with Gasteiger partial charge in [-0.15, -0.1) is 0 Å². The summed E-state index contributed by atoms with van der Waals surface area (Å²) in [5.74, 6) is 0.893. The standard InChI is InChI=1S/C33H33N5.C2H6/c1-5-23-10-6-8-12-27(23)32-28-19-25(22(3)34)15-14-24(28)16-17-38(32)33-36-30(18-21(2)37(33)4)31-20-26-11-7-9-13-29(26)35-31;1-2/h6-15,18-19,32H,2-3,5,16-17,20,34H2,1,4H3;1-2H3. The van der Waals surface area contributed by atoms with Gasteiger partial charge in [0.25, 0.3) is 0 Å². The molecule has 3 aliphatic heterocycles. The van der Waals surface area contributed by atoms with Gasteiger partial charge in [-0.3, -0.25) is 4.99 Å². The van der Waals surface area contributed by atoms with Crippen molar-refractivity contribution in [3.05, 3.63) is 131 Å². The zero-order valence-corrected chi connectivity index (χ0v) is 24.1. The lowest BCUT2D eigenvalue weighted by Crippen LogP contribution is -2.48. The van der Waals surface area contributed by atoms with E-state index in [4.69, 9.17) is 15.7 Å². The second-order valence-electron chi connectivity index (χ2n) is 10.2. The molecule has 0 amide bonds. The first-order valence-corrected chi connectivity index (χ1v) is 14.3. The van der Waals surface area contributed by atoms with Crippen LogP contribution in [0.25, 0.3) is 5.70 Å². The highest BCUT2D eigenvalue weighted by molar-refractivity contribution is 6.08. The molecule has 0 saturated heterocycles. The predicted octanol–water partition coefficient (Wildman–Crippen LogP) is 7.18. The topological polar surface area (TPSA) is 57.2 Å². The Balaban J connectivity index is 0.00000158. The van der Waals surface area contributed by atoms with Gasteiger partial charge in [0.1, 0.15) is 0 Å². The number of fused-ring (bicyclic) bond motifs is 2. The lowest BCUT2D eigenvalue weighted by Gasteiger charge is -2.44. The molecule has 40 heavy (non-hydrogen) atoms. The number of hydrogen-bond donors (Lipinski definition) is 1. The van der Waals surface area contributed by atoms with Gasteiger partial charge in [0, 0.05) is 31.4 Å². The summed E-state index contributed by atoms with van der Waals surface area (Å²) in [7, 11) is 2.05. The fourth-order valence-corrected chi connectivity index (χ4v) is 5.77. The molecular formula is C35H39N5. The first-order chi connectivity index (χ1) is 19.4. The fraction of sp³-hybridized carbons (Fsp3) is 0.257. The lowest BCUT2D eigenvalue weighted by molar-refractivity contribution is 0.302. The molecule has 2 N–H and O–H groups in total. The van der Waals surface area contributed by atoms with Crippen LogP contribution in [0.15, 0.2) is 107 Å². The molecule has 0 aliphatic carbocycles. The molecule has 1 unspecified atom stereocenters. The molecule has 6 rings (SSSR count). The number of nitrogens with zero attached hydrogens (tertiary/aromatic N) is 4. The van der Waals surface area contributed by atoms with Gasteiger partial charge < -0.3 is 15.5 Å². The Morgan fingerprint density at radius 1 is 0.975 bits per heavy atom. The highest BCUT2D eigenvalue weighted by atomic mass is 15.4. The maximum atomic E-state index is 6.16. The summed E-state index contributed by atoms with van der Waals surface area (Å²) in [6.07, 6.45) is 4.71. The number of aryl methyl sites for hydroxylation is 1. The van der Waals surface area contributed by atoms with Crippen molar-refractivity contribution in [3.63, 3.8) is 0 Å². The first kappa shape index (κ1) is 27.2. The maximum absolute atomic E-state index is 6.16. The molecule has 3 heterocycles. The predicted molar refractivity (Wildman–Crippen MR) is 169 cm³/mol. The van der Waals surface area contributed by atoms with E-state index in [9.17, 15) is 0 Å². The van der Waals surface area contributed by atoms with Gasteiger partial charge >= 0.3 is 0 Å². The van der Waals surface area contributed by atoms with Crippen LogP contribution in [0, 0.1) is 0 Å². The van der Waals surface area contributed by atoms with E-state index in [0.29, 0.717) is 5.70 Å². The second kappa shape index (κ2) is 11.4. The Hall–Kier alpha value is -4.38. The second-order valence-corrected chi connectivity index (χ2v) is 10.2. The molecule has 3 aromatic carbocycles. The molecule has 0 aromatic heterocycles. The lowest BCUT2D eigenvalue weighted by atomic mass is 9.84. The van der Waals surface area contributed by atoms with Crippen LogP contribution in [-0.4, -0.2) is 35.1 Å². The van der Waals surface area contributed by atoms with Crippen LogP contribution < -0.4 is 5.73 Å². The van der Waals surface area contributed by atoms with Crippen molar-refractivity contribution in [2.45, 2.75) is 46.1 Å². The van der Waals surface area contributed by atoms with E-state index in [2.05, 4.69) is 104 Å². The van der Waals surface area contributed by atoms with E-state index in [0.717, 1.165) is 60.1 Å². The van der Waals surface area contributed by atoms with Gasteiger partial charge in [0.15, 0.2) is 0 Å². The fourth-order valence-electron chi connectivity index (χ4n) is 5.77. The summed E-state index contributed by atoms with van der Waals surface area (Å²) in [4.78, 5) is 14.7. The van der Waals surface area contributed by atoms with Crippen LogP contribution in [-0.2, 0) is 19.3 Å². The van der Waals surface area contributed by atoms with Gasteiger partial charge in [-0.2, -0.15) is 0 Å². The third-order valence-corrected chi connectivity index (χ3v) is 7.89. The molecule has 5 heteroatoms. The molecule has 3 aromatic rings. The van der Waals surface area contributed by atoms with Crippen molar-refractivity contribution < 1.29 is 0 Å². The zero-order valence-electron chi connectivity index (χ0n) is 24.1. The molecule has 1 atom stereocenters. The zero-order chi connectivity index (χ0) is 28.4. The maximum Gasteiger partial charge on any atom is 0.206 e. The molecule has 0 fully saturated rings. The normalized spacial score (nSPS) is 17.6. The van der Waals surface area contributed by atoms with E-state index in [1.807, 2.05) is 19.9 Å². The summed E-state index contributed by atoms with van der Waals surface area (Å²) in [5.41, 5.74) is 18.0. The largest absolute Gasteiger partial charge is 0.399 e. The number of hydrogen-bond acceptors (Lipinski definition) is 5. The van der Waals surface area contributed by atoms with E-state index in [1.54, 1.807) is 0 Å². The third kappa shape index (κ3) is 4.88. The van der Waals surface area contributed by atoms with E-state index in [1.165, 1.54) is 27.8 Å². The Kier molecular flexibility index (Phi) is 7.74. The number of aliphatic imine (C=N–C) groups is 2. The van der Waals surface area contributed by atoms with Gasteiger partial charge in [-0.05, 0) is 64.4 Å². The number of rotatable bonds is 4. The van der Waals surface area contributed by atoms with Crippen molar-refractivity contribution in [1.82, 2.24) is 9.80 Å². The van der Waals surface area contributed by atoms with Crippen LogP contribution >= 0.6 is 0 Å². The molecule has 204 valence electrons.